The number of nitrogens with one attached hydrogen (secondary N) is 1. The van der Waals surface area contributed by atoms with Crippen LogP contribution in [-0.2, 0) is 11.2 Å². The molecule has 0 unspecified atom stereocenters. The van der Waals surface area contributed by atoms with Crippen LogP contribution in [0.1, 0.15) is 44.1 Å². The number of benzene rings is 2. The van der Waals surface area contributed by atoms with Crippen LogP contribution in [0.2, 0.25) is 10.0 Å². The zero-order chi connectivity index (χ0) is 20.9. The lowest BCUT2D eigenvalue weighted by Crippen LogP contribution is -2.33. The lowest BCUT2D eigenvalue weighted by Gasteiger charge is -2.34. The van der Waals surface area contributed by atoms with E-state index in [1.807, 2.05) is 24.3 Å². The number of ether oxygens (including phenoxy) is 1. The van der Waals surface area contributed by atoms with Crippen molar-refractivity contribution in [1.29, 1.82) is 0 Å². The molecule has 2 aromatic rings. The van der Waals surface area contributed by atoms with Gasteiger partial charge in [0.25, 0.3) is 0 Å². The van der Waals surface area contributed by atoms with Crippen LogP contribution in [0, 0.1) is 5.92 Å². The van der Waals surface area contributed by atoms with Crippen LogP contribution in [0.4, 0.5) is 11.4 Å². The number of anilines is 2. The summed E-state index contributed by atoms with van der Waals surface area (Å²) in [7, 11) is 0. The summed E-state index contributed by atoms with van der Waals surface area (Å²) in [5.74, 6) is 1.68. The minimum Gasteiger partial charge on any atom is -0.494 e. The van der Waals surface area contributed by atoms with Gasteiger partial charge in [-0.1, -0.05) is 41.8 Å². The van der Waals surface area contributed by atoms with Gasteiger partial charge in [0.2, 0.25) is 5.91 Å². The number of amides is 1. The lowest BCUT2D eigenvalue weighted by atomic mass is 9.91. The molecule has 0 spiro atoms. The summed E-state index contributed by atoms with van der Waals surface area (Å²) in [5, 5.41) is 4.21. The Hall–Kier alpha value is -1.91. The Bertz CT molecular complexity index is 895. The standard InChI is InChI=1S/C24H28Cl2N2O2/c25-20-5-3-6-22(24(20)26)28-13-11-17(12-14-28)4-1-2-15-30-19-9-7-18-8-10-23(29)27-21(18)16-19/h3,5-7,9,16-17H,1-2,4,8,10-15H2,(H,27,29). The number of fused-ring (bicyclic) bond motifs is 1. The van der Waals surface area contributed by atoms with Gasteiger partial charge in [0, 0.05) is 31.3 Å². The van der Waals surface area contributed by atoms with Gasteiger partial charge in [-0.05, 0) is 61.8 Å². The van der Waals surface area contributed by atoms with Gasteiger partial charge in [0.1, 0.15) is 5.75 Å². The van der Waals surface area contributed by atoms with Crippen molar-refractivity contribution >= 4 is 40.5 Å². The number of hydrogen-bond donors (Lipinski definition) is 1. The Morgan fingerprint density at radius 2 is 1.90 bits per heavy atom. The zero-order valence-electron chi connectivity index (χ0n) is 17.1. The summed E-state index contributed by atoms with van der Waals surface area (Å²) in [5.41, 5.74) is 3.14. The molecule has 1 amide bonds. The van der Waals surface area contributed by atoms with E-state index in [1.54, 1.807) is 0 Å². The Morgan fingerprint density at radius 3 is 2.73 bits per heavy atom. The first kappa shape index (κ1) is 21.3. The summed E-state index contributed by atoms with van der Waals surface area (Å²) in [4.78, 5) is 13.9. The third-order valence-electron chi connectivity index (χ3n) is 6.14. The van der Waals surface area contributed by atoms with Gasteiger partial charge in [0.15, 0.2) is 0 Å². The maximum Gasteiger partial charge on any atom is 0.224 e. The van der Waals surface area contributed by atoms with E-state index < -0.39 is 0 Å². The highest BCUT2D eigenvalue weighted by molar-refractivity contribution is 6.43. The molecular formula is C24H28Cl2N2O2. The smallest absolute Gasteiger partial charge is 0.224 e. The molecular weight excluding hydrogens is 419 g/mol. The van der Waals surface area contributed by atoms with E-state index in [4.69, 9.17) is 27.9 Å². The van der Waals surface area contributed by atoms with Crippen LogP contribution in [0.15, 0.2) is 36.4 Å². The van der Waals surface area contributed by atoms with Gasteiger partial charge >= 0.3 is 0 Å². The van der Waals surface area contributed by atoms with Crippen molar-refractivity contribution in [2.75, 3.05) is 29.9 Å². The van der Waals surface area contributed by atoms with Crippen molar-refractivity contribution in [3.05, 3.63) is 52.0 Å². The maximum absolute atomic E-state index is 11.6. The largest absolute Gasteiger partial charge is 0.494 e. The minimum atomic E-state index is 0.0864. The first-order valence-corrected chi connectivity index (χ1v) is 11.6. The Kier molecular flexibility index (Phi) is 7.06. The van der Waals surface area contributed by atoms with E-state index in [1.165, 1.54) is 31.2 Å². The van der Waals surface area contributed by atoms with Gasteiger partial charge in [-0.15, -0.1) is 0 Å². The second-order valence-electron chi connectivity index (χ2n) is 8.21. The molecule has 0 atom stereocenters. The van der Waals surface area contributed by atoms with E-state index in [2.05, 4.69) is 22.3 Å². The molecule has 2 aromatic carbocycles. The van der Waals surface area contributed by atoms with E-state index in [0.29, 0.717) is 23.1 Å². The number of rotatable bonds is 7. The molecule has 2 heterocycles. The number of aryl methyl sites for hydroxylation is 1. The summed E-state index contributed by atoms with van der Waals surface area (Å²) in [6, 6.07) is 11.9. The highest BCUT2D eigenvalue weighted by Crippen LogP contribution is 2.35. The van der Waals surface area contributed by atoms with Gasteiger partial charge in [-0.2, -0.15) is 0 Å². The molecule has 2 aliphatic heterocycles. The van der Waals surface area contributed by atoms with Gasteiger partial charge in [-0.3, -0.25) is 4.79 Å². The molecule has 4 rings (SSSR count). The molecule has 1 saturated heterocycles. The molecule has 0 bridgehead atoms. The van der Waals surface area contributed by atoms with Crippen LogP contribution >= 0.6 is 23.2 Å². The molecule has 1 N–H and O–H groups in total. The van der Waals surface area contributed by atoms with E-state index in [0.717, 1.165) is 49.0 Å². The monoisotopic (exact) mass is 446 g/mol. The van der Waals surface area contributed by atoms with Crippen molar-refractivity contribution in [3.8, 4) is 5.75 Å². The Morgan fingerprint density at radius 1 is 1.07 bits per heavy atom. The van der Waals surface area contributed by atoms with Crippen molar-refractivity contribution < 1.29 is 9.53 Å². The van der Waals surface area contributed by atoms with Crippen LogP contribution in [-0.4, -0.2) is 25.6 Å². The number of unbranched alkanes of at least 4 members (excludes halogenated alkanes) is 1. The molecule has 1 fully saturated rings. The third kappa shape index (κ3) is 5.22. The normalized spacial score (nSPS) is 16.9. The molecule has 160 valence electrons. The number of halogens is 2. The predicted molar refractivity (Wildman–Crippen MR) is 124 cm³/mol. The molecule has 6 heteroatoms. The number of carbonyl (C=O) groups excluding carboxylic acids is 1. The highest BCUT2D eigenvalue weighted by atomic mass is 35.5. The average molecular weight is 447 g/mol. The third-order valence-corrected chi connectivity index (χ3v) is 6.95. The van der Waals surface area contributed by atoms with Crippen LogP contribution in [0.5, 0.6) is 5.75 Å². The number of carbonyl (C=O) groups is 1. The van der Waals surface area contributed by atoms with Gasteiger partial charge < -0.3 is 15.0 Å². The molecule has 0 radical (unpaired) electrons. The van der Waals surface area contributed by atoms with Crippen LogP contribution in [0.25, 0.3) is 0 Å². The summed E-state index contributed by atoms with van der Waals surface area (Å²) < 4.78 is 5.91. The predicted octanol–water partition coefficient (Wildman–Crippen LogP) is 6.34. The number of hydrogen-bond acceptors (Lipinski definition) is 3. The second-order valence-corrected chi connectivity index (χ2v) is 9.00. The van der Waals surface area contributed by atoms with Crippen molar-refractivity contribution in [3.63, 3.8) is 0 Å². The van der Waals surface area contributed by atoms with Crippen molar-refractivity contribution in [2.45, 2.75) is 44.9 Å². The first-order valence-electron chi connectivity index (χ1n) is 10.8. The van der Waals surface area contributed by atoms with Gasteiger partial charge in [0.05, 0.1) is 22.3 Å². The first-order chi connectivity index (χ1) is 14.6. The molecule has 4 nitrogen and oxygen atoms in total. The summed E-state index contributed by atoms with van der Waals surface area (Å²) >= 11 is 12.5. The fraction of sp³-hybridized carbons (Fsp3) is 0.458. The summed E-state index contributed by atoms with van der Waals surface area (Å²) in [6.07, 6.45) is 7.21. The summed E-state index contributed by atoms with van der Waals surface area (Å²) in [6.45, 7) is 2.77. The zero-order valence-corrected chi connectivity index (χ0v) is 18.6. The van der Waals surface area contributed by atoms with E-state index in [-0.39, 0.29) is 5.91 Å². The quantitative estimate of drug-likeness (QED) is 0.504. The molecule has 2 aliphatic rings. The fourth-order valence-corrected chi connectivity index (χ4v) is 4.78. The van der Waals surface area contributed by atoms with Crippen LogP contribution in [0.3, 0.4) is 0 Å². The molecule has 0 aromatic heterocycles. The number of nitrogens with zero attached hydrogens (tertiary/aromatic N) is 1. The average Bonchev–Trinajstić information content (AvgIpc) is 2.76. The number of piperidine rings is 1. The lowest BCUT2D eigenvalue weighted by molar-refractivity contribution is -0.116. The highest BCUT2D eigenvalue weighted by Gasteiger charge is 2.21. The maximum atomic E-state index is 11.6. The molecule has 0 saturated carbocycles. The van der Waals surface area contributed by atoms with Crippen molar-refractivity contribution in [2.24, 2.45) is 5.92 Å². The second kappa shape index (κ2) is 9.93. The van der Waals surface area contributed by atoms with Gasteiger partial charge in [-0.25, -0.2) is 0 Å². The minimum absolute atomic E-state index is 0.0864. The van der Waals surface area contributed by atoms with E-state index >= 15 is 0 Å². The molecule has 30 heavy (non-hydrogen) atoms. The SMILES string of the molecule is O=C1CCc2ccc(OCCCCC3CCN(c4cccc(Cl)c4Cl)CC3)cc2N1. The van der Waals surface area contributed by atoms with Crippen LogP contribution < -0.4 is 15.0 Å². The Labute approximate surface area is 188 Å². The Balaban J connectivity index is 1.15. The van der Waals surface area contributed by atoms with E-state index in [9.17, 15) is 4.79 Å². The fourth-order valence-electron chi connectivity index (χ4n) is 4.36. The van der Waals surface area contributed by atoms with Crippen molar-refractivity contribution in [1.82, 2.24) is 0 Å². The molecule has 0 aliphatic carbocycles. The topological polar surface area (TPSA) is 41.6 Å².